The quantitative estimate of drug-likeness (QED) is 0.658. The Kier molecular flexibility index (Phi) is 5.60. The molecule has 0 aliphatic carbocycles. The summed E-state index contributed by atoms with van der Waals surface area (Å²) in [7, 11) is 0. The number of benzene rings is 1. The summed E-state index contributed by atoms with van der Waals surface area (Å²) in [5, 5.41) is 4.20. The number of alkyl carbamates (subject to hydrolysis) is 1. The van der Waals surface area contributed by atoms with Gasteiger partial charge in [0.05, 0.1) is 5.52 Å². The number of carbonyl (C=O) groups is 1. The van der Waals surface area contributed by atoms with E-state index < -0.39 is 5.60 Å². The molecular formula is C20H26IN3O2. The molecule has 1 N–H and O–H groups in total. The zero-order valence-electron chi connectivity index (χ0n) is 15.8. The lowest BCUT2D eigenvalue weighted by atomic mass is 9.95. The molecule has 0 radical (unpaired) electrons. The largest absolute Gasteiger partial charge is 0.444 e. The van der Waals surface area contributed by atoms with Gasteiger partial charge >= 0.3 is 6.09 Å². The van der Waals surface area contributed by atoms with Crippen molar-refractivity contribution < 1.29 is 9.53 Å². The summed E-state index contributed by atoms with van der Waals surface area (Å²) in [4.78, 5) is 19.1. The van der Waals surface area contributed by atoms with Crippen LogP contribution in [0.15, 0.2) is 30.5 Å². The molecule has 26 heavy (non-hydrogen) atoms. The highest BCUT2D eigenvalue weighted by Crippen LogP contribution is 2.32. The summed E-state index contributed by atoms with van der Waals surface area (Å²) in [5.74, 6) is 0.481. The van der Waals surface area contributed by atoms with Crippen LogP contribution in [-0.2, 0) is 4.74 Å². The summed E-state index contributed by atoms with van der Waals surface area (Å²) < 4.78 is 6.57. The van der Waals surface area contributed by atoms with Crippen LogP contribution in [0.2, 0.25) is 0 Å². The molecule has 5 nitrogen and oxygen atoms in total. The predicted octanol–water partition coefficient (Wildman–Crippen LogP) is 4.58. The van der Waals surface area contributed by atoms with Gasteiger partial charge < -0.3 is 15.0 Å². The molecule has 140 valence electrons. The number of nitrogens with zero attached hydrogens (tertiary/aromatic N) is 2. The van der Waals surface area contributed by atoms with Crippen LogP contribution < -0.4 is 10.2 Å². The zero-order valence-corrected chi connectivity index (χ0v) is 17.9. The standard InChI is InChI=1S/C20H26IN3O2/c1-13-10-14(23-19(25)26-20(2,3)4)12-24(11-13)17-8-7-16(21)18-15(17)6-5-9-22-18/h5-9,13-14H,10-12H2,1-4H3,(H,23,25)/t13-,14+/m0/s1. The summed E-state index contributed by atoms with van der Waals surface area (Å²) in [6, 6.07) is 8.44. The number of rotatable bonds is 2. The Balaban J connectivity index is 1.81. The van der Waals surface area contributed by atoms with Crippen molar-refractivity contribution in [1.29, 1.82) is 0 Å². The minimum absolute atomic E-state index is 0.0691. The Bertz CT molecular complexity index is 803. The molecule has 0 unspecified atom stereocenters. The molecule has 1 aliphatic rings. The number of amides is 1. The molecule has 0 bridgehead atoms. The van der Waals surface area contributed by atoms with Crippen molar-refractivity contribution in [1.82, 2.24) is 10.3 Å². The lowest BCUT2D eigenvalue weighted by Gasteiger charge is -2.38. The SMILES string of the molecule is C[C@H]1C[C@@H](NC(=O)OC(C)(C)C)CN(c2ccc(I)c3ncccc23)C1. The van der Waals surface area contributed by atoms with Gasteiger partial charge in [0.2, 0.25) is 0 Å². The Morgan fingerprint density at radius 1 is 1.31 bits per heavy atom. The first-order valence-electron chi connectivity index (χ1n) is 9.00. The number of aromatic nitrogens is 1. The van der Waals surface area contributed by atoms with Crippen LogP contribution in [0.4, 0.5) is 10.5 Å². The van der Waals surface area contributed by atoms with E-state index in [1.54, 1.807) is 0 Å². The Labute approximate surface area is 168 Å². The van der Waals surface area contributed by atoms with Crippen molar-refractivity contribution in [3.8, 4) is 0 Å². The van der Waals surface area contributed by atoms with Crippen molar-refractivity contribution in [2.45, 2.75) is 45.8 Å². The minimum Gasteiger partial charge on any atom is -0.444 e. The van der Waals surface area contributed by atoms with E-state index in [1.807, 2.05) is 33.0 Å². The number of anilines is 1. The average molecular weight is 467 g/mol. The first-order chi connectivity index (χ1) is 12.2. The normalized spacial score (nSPS) is 20.9. The van der Waals surface area contributed by atoms with Crippen molar-refractivity contribution >= 4 is 45.3 Å². The third kappa shape index (κ3) is 4.58. The predicted molar refractivity (Wildman–Crippen MR) is 114 cm³/mol. The van der Waals surface area contributed by atoms with Gasteiger partial charge in [0, 0.05) is 40.0 Å². The number of piperidine rings is 1. The number of nitrogens with one attached hydrogen (secondary N) is 1. The second kappa shape index (κ2) is 7.58. The minimum atomic E-state index is -0.484. The van der Waals surface area contributed by atoms with E-state index in [0.717, 1.165) is 34.0 Å². The molecule has 2 atom stereocenters. The smallest absolute Gasteiger partial charge is 0.407 e. The van der Waals surface area contributed by atoms with Crippen LogP contribution in [0.1, 0.15) is 34.1 Å². The first-order valence-corrected chi connectivity index (χ1v) is 10.1. The molecule has 1 saturated heterocycles. The molecular weight excluding hydrogens is 441 g/mol. The Hall–Kier alpha value is -1.57. The van der Waals surface area contributed by atoms with Gasteiger partial charge in [-0.25, -0.2) is 4.79 Å². The fourth-order valence-electron chi connectivity index (χ4n) is 3.53. The van der Waals surface area contributed by atoms with Gasteiger partial charge in [-0.05, 0) is 80.0 Å². The van der Waals surface area contributed by atoms with E-state index >= 15 is 0 Å². The third-order valence-electron chi connectivity index (χ3n) is 4.42. The van der Waals surface area contributed by atoms with Gasteiger partial charge in [-0.2, -0.15) is 0 Å². The molecule has 6 heteroatoms. The maximum Gasteiger partial charge on any atom is 0.407 e. The number of hydrogen-bond donors (Lipinski definition) is 1. The lowest BCUT2D eigenvalue weighted by Crippen LogP contribution is -2.51. The van der Waals surface area contributed by atoms with Crippen LogP contribution in [0.3, 0.4) is 0 Å². The van der Waals surface area contributed by atoms with Gasteiger partial charge in [-0.3, -0.25) is 4.98 Å². The lowest BCUT2D eigenvalue weighted by molar-refractivity contribution is 0.0495. The number of ether oxygens (including phenoxy) is 1. The number of halogens is 1. The first kappa shape index (κ1) is 19.2. The number of fused-ring (bicyclic) bond motifs is 1. The average Bonchev–Trinajstić information content (AvgIpc) is 2.53. The van der Waals surface area contributed by atoms with Crippen molar-refractivity contribution in [2.24, 2.45) is 5.92 Å². The van der Waals surface area contributed by atoms with Crippen LogP contribution in [0.5, 0.6) is 0 Å². The fraction of sp³-hybridized carbons (Fsp3) is 0.500. The summed E-state index contributed by atoms with van der Waals surface area (Å²) >= 11 is 2.33. The van der Waals surface area contributed by atoms with E-state index in [4.69, 9.17) is 4.74 Å². The topological polar surface area (TPSA) is 54.5 Å². The van der Waals surface area contributed by atoms with E-state index in [9.17, 15) is 4.79 Å². The van der Waals surface area contributed by atoms with Crippen LogP contribution >= 0.6 is 22.6 Å². The number of carbonyl (C=O) groups excluding carboxylic acids is 1. The molecule has 2 aromatic rings. The summed E-state index contributed by atoms with van der Waals surface area (Å²) in [5.41, 5.74) is 1.72. The molecule has 1 amide bonds. The van der Waals surface area contributed by atoms with Gasteiger partial charge in [0.15, 0.2) is 0 Å². The van der Waals surface area contributed by atoms with E-state index in [2.05, 4.69) is 62.9 Å². The van der Waals surface area contributed by atoms with Crippen LogP contribution in [0.25, 0.3) is 10.9 Å². The van der Waals surface area contributed by atoms with E-state index in [1.165, 1.54) is 5.69 Å². The van der Waals surface area contributed by atoms with Crippen LogP contribution in [0, 0.1) is 9.49 Å². The highest BCUT2D eigenvalue weighted by atomic mass is 127. The molecule has 1 aromatic heterocycles. The highest BCUT2D eigenvalue weighted by Gasteiger charge is 2.28. The summed E-state index contributed by atoms with van der Waals surface area (Å²) in [6.45, 7) is 9.61. The monoisotopic (exact) mass is 467 g/mol. The van der Waals surface area contributed by atoms with Crippen molar-refractivity contribution in [3.63, 3.8) is 0 Å². The second-order valence-electron chi connectivity index (χ2n) is 8.06. The second-order valence-corrected chi connectivity index (χ2v) is 9.22. The molecule has 3 rings (SSSR count). The molecule has 2 heterocycles. The van der Waals surface area contributed by atoms with E-state index in [-0.39, 0.29) is 12.1 Å². The number of hydrogen-bond acceptors (Lipinski definition) is 4. The molecule has 1 aliphatic heterocycles. The van der Waals surface area contributed by atoms with Gasteiger partial charge in [-0.1, -0.05) is 6.92 Å². The highest BCUT2D eigenvalue weighted by molar-refractivity contribution is 14.1. The van der Waals surface area contributed by atoms with Crippen molar-refractivity contribution in [2.75, 3.05) is 18.0 Å². The summed E-state index contributed by atoms with van der Waals surface area (Å²) in [6.07, 6.45) is 2.45. The van der Waals surface area contributed by atoms with Gasteiger partial charge in [0.25, 0.3) is 0 Å². The fourth-order valence-corrected chi connectivity index (χ4v) is 4.14. The Morgan fingerprint density at radius 2 is 2.08 bits per heavy atom. The van der Waals surface area contributed by atoms with E-state index in [0.29, 0.717) is 5.92 Å². The molecule has 1 aromatic carbocycles. The maximum atomic E-state index is 12.2. The maximum absolute atomic E-state index is 12.2. The number of pyridine rings is 1. The molecule has 0 spiro atoms. The molecule has 0 saturated carbocycles. The van der Waals surface area contributed by atoms with Crippen LogP contribution in [-0.4, -0.2) is 35.8 Å². The van der Waals surface area contributed by atoms with Gasteiger partial charge in [0.1, 0.15) is 5.60 Å². The molecule has 1 fully saturated rings. The van der Waals surface area contributed by atoms with Crippen molar-refractivity contribution in [3.05, 3.63) is 34.0 Å². The Morgan fingerprint density at radius 3 is 2.81 bits per heavy atom. The van der Waals surface area contributed by atoms with Gasteiger partial charge in [-0.15, -0.1) is 0 Å². The zero-order chi connectivity index (χ0) is 18.9. The third-order valence-corrected chi connectivity index (χ3v) is 5.29.